The van der Waals surface area contributed by atoms with E-state index < -0.39 is 50.1 Å². The van der Waals surface area contributed by atoms with Gasteiger partial charge in [-0.3, -0.25) is 29.0 Å². The van der Waals surface area contributed by atoms with E-state index >= 15 is 0 Å². The first-order chi connectivity index (χ1) is 13.2. The van der Waals surface area contributed by atoms with Crippen molar-refractivity contribution in [3.8, 4) is 0 Å². The third-order valence-corrected chi connectivity index (χ3v) is 2.91. The van der Waals surface area contributed by atoms with Crippen LogP contribution in [0.3, 0.4) is 0 Å². The standard InChI is InChI=1S/C14H24N2O10.C2H4/c17-11(18)7-15(8-12(19)20)1-3-25-5-6-26-4-2-16(9-13(21)22)10-14(23)24;1-2/h1-10H2,(H,17,18)(H,19,20)(H,21,22)(H,23,24);1-2H2. The summed E-state index contributed by atoms with van der Waals surface area (Å²) in [6, 6.07) is 0. The van der Waals surface area contributed by atoms with E-state index in [0.29, 0.717) is 0 Å². The van der Waals surface area contributed by atoms with Crippen molar-refractivity contribution in [3.05, 3.63) is 13.2 Å². The highest BCUT2D eigenvalue weighted by atomic mass is 16.5. The molecule has 12 nitrogen and oxygen atoms in total. The molecule has 28 heavy (non-hydrogen) atoms. The second kappa shape index (κ2) is 17.9. The van der Waals surface area contributed by atoms with Gasteiger partial charge in [0.25, 0.3) is 0 Å². The molecule has 0 aromatic rings. The molecule has 0 unspecified atom stereocenters. The van der Waals surface area contributed by atoms with Crippen LogP contribution < -0.4 is 0 Å². The van der Waals surface area contributed by atoms with Gasteiger partial charge in [-0.25, -0.2) is 0 Å². The van der Waals surface area contributed by atoms with Gasteiger partial charge >= 0.3 is 23.9 Å². The summed E-state index contributed by atoms with van der Waals surface area (Å²) < 4.78 is 10.4. The number of hydrogen-bond acceptors (Lipinski definition) is 8. The fourth-order valence-corrected chi connectivity index (χ4v) is 1.90. The van der Waals surface area contributed by atoms with E-state index in [1.54, 1.807) is 0 Å². The first kappa shape index (κ1) is 27.7. The van der Waals surface area contributed by atoms with Gasteiger partial charge in [0.1, 0.15) is 0 Å². The maximum atomic E-state index is 10.6. The van der Waals surface area contributed by atoms with Crippen molar-refractivity contribution < 1.29 is 49.1 Å². The van der Waals surface area contributed by atoms with Crippen LogP contribution >= 0.6 is 0 Å². The molecular weight excluding hydrogens is 380 g/mol. The fraction of sp³-hybridized carbons (Fsp3) is 0.625. The average molecular weight is 408 g/mol. The van der Waals surface area contributed by atoms with Crippen molar-refractivity contribution >= 4 is 23.9 Å². The SMILES string of the molecule is C=C.O=C(O)CN(CCOCCOCCN(CC(=O)O)CC(=O)O)CC(=O)O. The highest BCUT2D eigenvalue weighted by molar-refractivity contribution is 5.73. The van der Waals surface area contributed by atoms with Crippen LogP contribution in [0.1, 0.15) is 0 Å². The predicted molar refractivity (Wildman–Crippen MR) is 96.3 cm³/mol. The second-order valence-electron chi connectivity index (χ2n) is 5.22. The monoisotopic (exact) mass is 408 g/mol. The van der Waals surface area contributed by atoms with Gasteiger partial charge in [-0.2, -0.15) is 0 Å². The predicted octanol–water partition coefficient (Wildman–Crippen LogP) is -1.24. The van der Waals surface area contributed by atoms with Crippen molar-refractivity contribution in [3.63, 3.8) is 0 Å². The van der Waals surface area contributed by atoms with E-state index in [1.807, 2.05) is 0 Å². The largest absolute Gasteiger partial charge is 0.480 e. The zero-order chi connectivity index (χ0) is 21.9. The van der Waals surface area contributed by atoms with Crippen LogP contribution in [0, 0.1) is 0 Å². The summed E-state index contributed by atoms with van der Waals surface area (Å²) in [6.07, 6.45) is 0. The number of ether oxygens (including phenoxy) is 2. The van der Waals surface area contributed by atoms with Gasteiger partial charge in [-0.15, -0.1) is 13.2 Å². The highest BCUT2D eigenvalue weighted by Gasteiger charge is 2.14. The minimum absolute atomic E-state index is 0.119. The van der Waals surface area contributed by atoms with Crippen molar-refractivity contribution in [1.29, 1.82) is 0 Å². The molecule has 0 atom stereocenters. The average Bonchev–Trinajstić information content (AvgIpc) is 2.56. The third kappa shape index (κ3) is 19.8. The molecular formula is C16H28N2O10. The van der Waals surface area contributed by atoms with Gasteiger partial charge in [-0.1, -0.05) is 0 Å². The van der Waals surface area contributed by atoms with Gasteiger partial charge in [0, 0.05) is 13.1 Å². The van der Waals surface area contributed by atoms with E-state index in [1.165, 1.54) is 9.80 Å². The lowest BCUT2D eigenvalue weighted by atomic mass is 10.4. The quantitative estimate of drug-likeness (QED) is 0.167. The summed E-state index contributed by atoms with van der Waals surface area (Å²) in [5.41, 5.74) is 0. The molecule has 12 heteroatoms. The van der Waals surface area contributed by atoms with Crippen molar-refractivity contribution in [1.82, 2.24) is 9.80 Å². The maximum Gasteiger partial charge on any atom is 0.317 e. The molecule has 0 saturated heterocycles. The van der Waals surface area contributed by atoms with E-state index in [9.17, 15) is 19.2 Å². The number of carboxylic acids is 4. The third-order valence-electron chi connectivity index (χ3n) is 2.91. The first-order valence-corrected chi connectivity index (χ1v) is 8.18. The molecule has 0 aromatic carbocycles. The van der Waals surface area contributed by atoms with E-state index in [4.69, 9.17) is 29.9 Å². The molecule has 0 radical (unpaired) electrons. The molecule has 162 valence electrons. The van der Waals surface area contributed by atoms with Gasteiger partial charge in [0.05, 0.1) is 52.6 Å². The van der Waals surface area contributed by atoms with E-state index in [0.717, 1.165) is 0 Å². The number of carbonyl (C=O) groups is 4. The topological polar surface area (TPSA) is 174 Å². The van der Waals surface area contributed by atoms with Gasteiger partial charge in [0.15, 0.2) is 0 Å². The number of aliphatic carboxylic acids is 4. The number of hydrogen-bond donors (Lipinski definition) is 4. The smallest absolute Gasteiger partial charge is 0.317 e. The Labute approximate surface area is 162 Å². The summed E-state index contributed by atoms with van der Waals surface area (Å²) in [7, 11) is 0. The second-order valence-corrected chi connectivity index (χ2v) is 5.22. The normalized spacial score (nSPS) is 10.4. The van der Waals surface area contributed by atoms with Crippen LogP contribution in [-0.2, 0) is 28.7 Å². The van der Waals surface area contributed by atoms with E-state index in [-0.39, 0.29) is 39.5 Å². The van der Waals surface area contributed by atoms with Gasteiger partial charge in [0.2, 0.25) is 0 Å². The molecule has 4 N–H and O–H groups in total. The van der Waals surface area contributed by atoms with Crippen LogP contribution in [0.4, 0.5) is 0 Å². The summed E-state index contributed by atoms with van der Waals surface area (Å²) in [5, 5.41) is 34.7. The van der Waals surface area contributed by atoms with Crippen molar-refractivity contribution in [2.24, 2.45) is 0 Å². The molecule has 0 fully saturated rings. The Kier molecular flexibility index (Phi) is 17.6. The molecule has 0 amide bonds. The summed E-state index contributed by atoms with van der Waals surface area (Å²) in [5.74, 6) is -4.55. The Balaban J connectivity index is 0. The Morgan fingerprint density at radius 3 is 1.04 bits per heavy atom. The molecule has 0 spiro atoms. The lowest BCUT2D eigenvalue weighted by Crippen LogP contribution is -2.37. The maximum absolute atomic E-state index is 10.6. The van der Waals surface area contributed by atoms with Crippen LogP contribution in [0.25, 0.3) is 0 Å². The molecule has 0 aliphatic rings. The minimum Gasteiger partial charge on any atom is -0.480 e. The van der Waals surface area contributed by atoms with E-state index in [2.05, 4.69) is 13.2 Å². The van der Waals surface area contributed by atoms with Crippen molar-refractivity contribution in [2.75, 3.05) is 65.7 Å². The Hall–Kier alpha value is -2.54. The molecule has 0 aliphatic carbocycles. The van der Waals surface area contributed by atoms with Crippen LogP contribution in [-0.4, -0.2) is 120 Å². The van der Waals surface area contributed by atoms with Crippen LogP contribution in [0.5, 0.6) is 0 Å². The number of carboxylic acid groups (broad SMARTS) is 4. The molecule has 0 heterocycles. The van der Waals surface area contributed by atoms with Crippen molar-refractivity contribution in [2.45, 2.75) is 0 Å². The van der Waals surface area contributed by atoms with Crippen LogP contribution in [0.15, 0.2) is 13.2 Å². The first-order valence-electron chi connectivity index (χ1n) is 8.18. The Bertz CT molecular complexity index is 412. The Morgan fingerprint density at radius 1 is 0.571 bits per heavy atom. The molecule has 0 bridgehead atoms. The molecule has 0 rings (SSSR count). The summed E-state index contributed by atoms with van der Waals surface area (Å²) in [6.45, 7) is 5.21. The van der Waals surface area contributed by atoms with Gasteiger partial charge in [-0.05, 0) is 0 Å². The fourth-order valence-electron chi connectivity index (χ4n) is 1.90. The number of nitrogens with zero attached hydrogens (tertiary/aromatic N) is 2. The number of rotatable bonds is 17. The summed E-state index contributed by atoms with van der Waals surface area (Å²) in [4.78, 5) is 44.9. The Morgan fingerprint density at radius 2 is 0.821 bits per heavy atom. The highest BCUT2D eigenvalue weighted by Crippen LogP contribution is 1.92. The molecule has 0 saturated carbocycles. The zero-order valence-corrected chi connectivity index (χ0v) is 15.6. The molecule has 0 aromatic heterocycles. The van der Waals surface area contributed by atoms with Gasteiger partial charge < -0.3 is 29.9 Å². The summed E-state index contributed by atoms with van der Waals surface area (Å²) >= 11 is 0. The lowest BCUT2D eigenvalue weighted by molar-refractivity contribution is -0.144. The van der Waals surface area contributed by atoms with Crippen LogP contribution in [0.2, 0.25) is 0 Å². The zero-order valence-electron chi connectivity index (χ0n) is 15.6. The lowest BCUT2D eigenvalue weighted by Gasteiger charge is -2.18. The minimum atomic E-state index is -1.14. The molecule has 0 aliphatic heterocycles.